The van der Waals surface area contributed by atoms with Gasteiger partial charge in [-0.25, -0.2) is 0 Å². The summed E-state index contributed by atoms with van der Waals surface area (Å²) in [5.74, 6) is 0.190. The van der Waals surface area contributed by atoms with E-state index in [1.165, 1.54) is 19.3 Å². The molecule has 2 N–H and O–H groups in total. The van der Waals surface area contributed by atoms with Crippen molar-refractivity contribution < 1.29 is 4.79 Å². The summed E-state index contributed by atoms with van der Waals surface area (Å²) < 4.78 is 0. The first-order valence-corrected chi connectivity index (χ1v) is 8.08. The lowest BCUT2D eigenvalue weighted by Crippen LogP contribution is -2.52. The molecule has 3 heteroatoms. The summed E-state index contributed by atoms with van der Waals surface area (Å²) >= 11 is 0. The summed E-state index contributed by atoms with van der Waals surface area (Å²) in [6, 6.07) is 0. The van der Waals surface area contributed by atoms with E-state index in [1.54, 1.807) is 0 Å². The smallest absolute Gasteiger partial charge is 0.222 e. The molecule has 0 heterocycles. The Morgan fingerprint density at radius 1 is 1.05 bits per heavy atom. The molecule has 1 aliphatic carbocycles. The number of rotatable bonds is 5. The first-order valence-electron chi connectivity index (χ1n) is 8.08. The normalized spacial score (nSPS) is 19.7. The SMILES string of the molecule is CNC1(CC(=O)NC(C)(C)CC(C)(C)C)CCCCC1. The van der Waals surface area contributed by atoms with Crippen LogP contribution in [0.15, 0.2) is 0 Å². The van der Waals surface area contributed by atoms with E-state index >= 15 is 0 Å². The third-order valence-corrected chi connectivity index (χ3v) is 4.29. The predicted octanol–water partition coefficient (Wildman–Crippen LogP) is 3.63. The molecular weight excluding hydrogens is 248 g/mol. The van der Waals surface area contributed by atoms with Gasteiger partial charge in [0.1, 0.15) is 0 Å². The Morgan fingerprint density at radius 3 is 2.05 bits per heavy atom. The second kappa shape index (κ2) is 6.46. The summed E-state index contributed by atoms with van der Waals surface area (Å²) in [6.45, 7) is 10.9. The molecule has 1 rings (SSSR count). The van der Waals surface area contributed by atoms with E-state index in [9.17, 15) is 4.79 Å². The zero-order chi connectivity index (χ0) is 15.4. The third-order valence-electron chi connectivity index (χ3n) is 4.29. The zero-order valence-corrected chi connectivity index (χ0v) is 14.4. The van der Waals surface area contributed by atoms with E-state index in [2.05, 4.69) is 45.3 Å². The minimum Gasteiger partial charge on any atom is -0.351 e. The number of carbonyl (C=O) groups is 1. The van der Waals surface area contributed by atoms with Gasteiger partial charge in [-0.2, -0.15) is 0 Å². The van der Waals surface area contributed by atoms with Gasteiger partial charge in [0.2, 0.25) is 5.91 Å². The fourth-order valence-corrected chi connectivity index (χ4v) is 3.84. The minimum absolute atomic E-state index is 0.0279. The Kier molecular flexibility index (Phi) is 5.65. The van der Waals surface area contributed by atoms with E-state index in [4.69, 9.17) is 0 Å². The monoisotopic (exact) mass is 282 g/mol. The Labute approximate surface area is 125 Å². The van der Waals surface area contributed by atoms with Crippen molar-refractivity contribution in [1.29, 1.82) is 0 Å². The zero-order valence-electron chi connectivity index (χ0n) is 14.4. The topological polar surface area (TPSA) is 41.1 Å². The fraction of sp³-hybridized carbons (Fsp3) is 0.941. The average Bonchev–Trinajstić information content (AvgIpc) is 2.25. The van der Waals surface area contributed by atoms with Gasteiger partial charge in [-0.3, -0.25) is 4.79 Å². The van der Waals surface area contributed by atoms with Crippen LogP contribution in [0.1, 0.15) is 79.6 Å². The molecule has 0 atom stereocenters. The molecule has 0 radical (unpaired) electrons. The number of hydrogen-bond acceptors (Lipinski definition) is 2. The maximum atomic E-state index is 12.4. The molecule has 1 fully saturated rings. The van der Waals surface area contributed by atoms with Gasteiger partial charge in [-0.1, -0.05) is 40.0 Å². The summed E-state index contributed by atoms with van der Waals surface area (Å²) in [5, 5.41) is 6.66. The maximum absolute atomic E-state index is 12.4. The van der Waals surface area contributed by atoms with Crippen LogP contribution in [-0.2, 0) is 4.79 Å². The molecular formula is C17H34N2O. The largest absolute Gasteiger partial charge is 0.351 e. The van der Waals surface area contributed by atoms with Gasteiger partial charge in [0.05, 0.1) is 0 Å². The summed E-state index contributed by atoms with van der Waals surface area (Å²) in [6.07, 6.45) is 7.61. The molecule has 0 aromatic rings. The van der Waals surface area contributed by atoms with Crippen molar-refractivity contribution in [3.05, 3.63) is 0 Å². The van der Waals surface area contributed by atoms with Crippen molar-refractivity contribution in [3.63, 3.8) is 0 Å². The van der Waals surface area contributed by atoms with Crippen LogP contribution in [0.2, 0.25) is 0 Å². The quantitative estimate of drug-likeness (QED) is 0.808. The standard InChI is InChI=1S/C17H34N2O/c1-15(2,3)13-16(4,5)19-14(20)12-17(18-6)10-8-7-9-11-17/h18H,7-13H2,1-6H3,(H,19,20). The first kappa shape index (κ1) is 17.5. The number of nitrogens with one attached hydrogen (secondary N) is 2. The second-order valence-electron chi connectivity index (χ2n) is 8.44. The van der Waals surface area contributed by atoms with E-state index < -0.39 is 0 Å². The molecule has 1 amide bonds. The minimum atomic E-state index is -0.140. The molecule has 0 aromatic heterocycles. The summed E-state index contributed by atoms with van der Waals surface area (Å²) in [5.41, 5.74) is 0.112. The highest BCUT2D eigenvalue weighted by atomic mass is 16.1. The first-order chi connectivity index (χ1) is 9.08. The van der Waals surface area contributed by atoms with Crippen LogP contribution in [0, 0.1) is 5.41 Å². The molecule has 1 aliphatic rings. The Morgan fingerprint density at radius 2 is 1.60 bits per heavy atom. The van der Waals surface area contributed by atoms with E-state index in [0.717, 1.165) is 19.3 Å². The van der Waals surface area contributed by atoms with E-state index in [0.29, 0.717) is 6.42 Å². The van der Waals surface area contributed by atoms with Crippen LogP contribution in [0.4, 0.5) is 0 Å². The predicted molar refractivity (Wildman–Crippen MR) is 85.8 cm³/mol. The highest BCUT2D eigenvalue weighted by Gasteiger charge is 2.34. The molecule has 0 saturated heterocycles. The lowest BCUT2D eigenvalue weighted by atomic mass is 9.78. The third kappa shape index (κ3) is 5.82. The molecule has 118 valence electrons. The Hall–Kier alpha value is -0.570. The van der Waals surface area contributed by atoms with Gasteiger partial charge >= 0.3 is 0 Å². The second-order valence-corrected chi connectivity index (χ2v) is 8.44. The number of hydrogen-bond donors (Lipinski definition) is 2. The summed E-state index contributed by atoms with van der Waals surface area (Å²) in [7, 11) is 2.00. The van der Waals surface area contributed by atoms with Crippen molar-refractivity contribution in [3.8, 4) is 0 Å². The molecule has 0 spiro atoms. The fourth-order valence-electron chi connectivity index (χ4n) is 3.84. The molecule has 0 bridgehead atoms. The molecule has 20 heavy (non-hydrogen) atoms. The van der Waals surface area contributed by atoms with E-state index in [1.807, 2.05) is 7.05 Å². The van der Waals surface area contributed by atoms with Crippen molar-refractivity contribution in [2.24, 2.45) is 5.41 Å². The van der Waals surface area contributed by atoms with Crippen LogP contribution in [-0.4, -0.2) is 24.0 Å². The van der Waals surface area contributed by atoms with Crippen LogP contribution in [0.3, 0.4) is 0 Å². The van der Waals surface area contributed by atoms with Crippen LogP contribution in [0.5, 0.6) is 0 Å². The van der Waals surface area contributed by atoms with Gasteiger partial charge in [0.25, 0.3) is 0 Å². The van der Waals surface area contributed by atoms with E-state index in [-0.39, 0.29) is 22.4 Å². The average molecular weight is 282 g/mol. The van der Waals surface area contributed by atoms with Gasteiger partial charge in [-0.15, -0.1) is 0 Å². The van der Waals surface area contributed by atoms with Crippen molar-refractivity contribution >= 4 is 5.91 Å². The molecule has 3 nitrogen and oxygen atoms in total. The Bertz CT molecular complexity index is 322. The van der Waals surface area contributed by atoms with Crippen molar-refractivity contribution in [2.75, 3.05) is 7.05 Å². The lowest BCUT2D eigenvalue weighted by molar-refractivity contribution is -0.124. The van der Waals surface area contributed by atoms with Crippen molar-refractivity contribution in [2.45, 2.75) is 90.6 Å². The lowest BCUT2D eigenvalue weighted by Gasteiger charge is -2.39. The van der Waals surface area contributed by atoms with Gasteiger partial charge in [-0.05, 0) is 45.6 Å². The van der Waals surface area contributed by atoms with Gasteiger partial charge in [0.15, 0.2) is 0 Å². The van der Waals surface area contributed by atoms with Gasteiger partial charge < -0.3 is 10.6 Å². The van der Waals surface area contributed by atoms with Crippen LogP contribution < -0.4 is 10.6 Å². The summed E-state index contributed by atoms with van der Waals surface area (Å²) in [4.78, 5) is 12.4. The van der Waals surface area contributed by atoms with Crippen molar-refractivity contribution in [1.82, 2.24) is 10.6 Å². The molecule has 1 saturated carbocycles. The van der Waals surface area contributed by atoms with Gasteiger partial charge in [0, 0.05) is 17.5 Å². The highest BCUT2D eigenvalue weighted by Crippen LogP contribution is 2.31. The van der Waals surface area contributed by atoms with Crippen LogP contribution >= 0.6 is 0 Å². The maximum Gasteiger partial charge on any atom is 0.222 e. The molecule has 0 aliphatic heterocycles. The Balaban J connectivity index is 2.57. The molecule has 0 aromatic carbocycles. The molecule has 0 unspecified atom stereocenters. The number of carbonyl (C=O) groups excluding carboxylic acids is 1. The number of amides is 1. The highest BCUT2D eigenvalue weighted by molar-refractivity contribution is 5.78. The van der Waals surface area contributed by atoms with Crippen LogP contribution in [0.25, 0.3) is 0 Å².